The van der Waals surface area contributed by atoms with Gasteiger partial charge in [0, 0.05) is 28.6 Å². The molecule has 1 fully saturated rings. The summed E-state index contributed by atoms with van der Waals surface area (Å²) in [4.78, 5) is 20.1. The van der Waals surface area contributed by atoms with E-state index >= 15 is 0 Å². The summed E-state index contributed by atoms with van der Waals surface area (Å²) in [5.41, 5.74) is 2.76. The fraction of sp³-hybridized carbons (Fsp3) is 0.0625. The summed E-state index contributed by atoms with van der Waals surface area (Å²) in [5, 5.41) is 0.980. The molecular formula is C16H10N2OS2. The van der Waals surface area contributed by atoms with Gasteiger partial charge in [0.25, 0.3) is 0 Å². The molecule has 0 atom stereocenters. The van der Waals surface area contributed by atoms with Crippen LogP contribution >= 0.6 is 23.5 Å². The van der Waals surface area contributed by atoms with E-state index in [-0.39, 0.29) is 5.78 Å². The number of ketones is 1. The monoisotopic (exact) mass is 310 g/mol. The Hall–Kier alpha value is -2.03. The average molecular weight is 310 g/mol. The molecule has 1 saturated heterocycles. The molecule has 0 bridgehead atoms. The van der Waals surface area contributed by atoms with Crippen molar-refractivity contribution in [2.75, 3.05) is 5.08 Å². The molecule has 0 amide bonds. The quantitative estimate of drug-likeness (QED) is 0.470. The molecule has 5 heteroatoms. The SMILES string of the molecule is [C-]#[N+]c1ccc(C(=O)C(=C2SCS2)c2ccncc2)cc1. The fourth-order valence-electron chi connectivity index (χ4n) is 1.95. The van der Waals surface area contributed by atoms with Gasteiger partial charge in [0.1, 0.15) is 0 Å². The van der Waals surface area contributed by atoms with E-state index in [1.165, 1.54) is 0 Å². The van der Waals surface area contributed by atoms with Crippen LogP contribution in [0.3, 0.4) is 0 Å². The number of aromatic nitrogens is 1. The molecule has 0 aliphatic carbocycles. The molecule has 3 nitrogen and oxygen atoms in total. The number of rotatable bonds is 3. The Labute approximate surface area is 131 Å². The van der Waals surface area contributed by atoms with Crippen LogP contribution in [-0.4, -0.2) is 15.9 Å². The summed E-state index contributed by atoms with van der Waals surface area (Å²) in [6.45, 7) is 6.96. The highest BCUT2D eigenvalue weighted by Crippen LogP contribution is 2.48. The van der Waals surface area contributed by atoms with Gasteiger partial charge in [0.2, 0.25) is 0 Å². The second-order valence-corrected chi connectivity index (χ2v) is 6.89. The van der Waals surface area contributed by atoms with E-state index in [0.29, 0.717) is 11.3 Å². The van der Waals surface area contributed by atoms with Crippen molar-refractivity contribution in [3.05, 3.63) is 75.6 Å². The van der Waals surface area contributed by atoms with Crippen LogP contribution in [0.2, 0.25) is 0 Å². The van der Waals surface area contributed by atoms with Gasteiger partial charge in [0.15, 0.2) is 11.5 Å². The second-order valence-electron chi connectivity index (χ2n) is 4.29. The van der Waals surface area contributed by atoms with Crippen molar-refractivity contribution in [2.45, 2.75) is 0 Å². The molecule has 102 valence electrons. The highest BCUT2D eigenvalue weighted by atomic mass is 32.3. The number of hydrogen-bond acceptors (Lipinski definition) is 4. The molecule has 3 rings (SSSR count). The fourth-order valence-corrected chi connectivity index (χ4v) is 3.61. The second kappa shape index (κ2) is 6.17. The lowest BCUT2D eigenvalue weighted by Gasteiger charge is -2.20. The van der Waals surface area contributed by atoms with Gasteiger partial charge in [-0.25, -0.2) is 4.85 Å². The largest absolute Gasteiger partial charge is 0.289 e. The first-order valence-electron chi connectivity index (χ1n) is 6.22. The summed E-state index contributed by atoms with van der Waals surface area (Å²) in [6, 6.07) is 10.5. The number of Topliss-reactive ketones (excluding diaryl/α,β-unsaturated/α-hetero) is 1. The predicted octanol–water partition coefficient (Wildman–Crippen LogP) is 4.62. The Morgan fingerprint density at radius 3 is 2.24 bits per heavy atom. The number of carbonyl (C=O) groups excluding carboxylic acids is 1. The molecule has 2 heterocycles. The Kier molecular flexibility index (Phi) is 4.09. The molecule has 0 radical (unpaired) electrons. The summed E-state index contributed by atoms with van der Waals surface area (Å²) < 4.78 is 1.06. The Balaban J connectivity index is 2.01. The van der Waals surface area contributed by atoms with Gasteiger partial charge in [-0.3, -0.25) is 9.78 Å². The van der Waals surface area contributed by atoms with E-state index < -0.39 is 0 Å². The van der Waals surface area contributed by atoms with E-state index in [1.54, 1.807) is 60.2 Å². The van der Waals surface area contributed by atoms with Crippen molar-refractivity contribution in [2.24, 2.45) is 0 Å². The number of thioether (sulfide) groups is 2. The standard InChI is InChI=1S/C16H10N2OS2/c1-17-13-4-2-12(3-5-13)15(19)14(16-20-10-21-16)11-6-8-18-9-7-11/h2-9H,10H2. The van der Waals surface area contributed by atoms with Crippen molar-refractivity contribution in [3.8, 4) is 0 Å². The molecule has 1 aliphatic rings. The molecule has 1 aromatic carbocycles. The van der Waals surface area contributed by atoms with Crippen LogP contribution in [0.15, 0.2) is 53.0 Å². The van der Waals surface area contributed by atoms with Crippen LogP contribution in [0.1, 0.15) is 15.9 Å². The zero-order valence-corrected chi connectivity index (χ0v) is 12.6. The number of nitrogens with zero attached hydrogens (tertiary/aromatic N) is 2. The zero-order chi connectivity index (χ0) is 14.7. The molecular weight excluding hydrogens is 300 g/mol. The third-order valence-electron chi connectivity index (χ3n) is 3.04. The maximum absolute atomic E-state index is 12.8. The Morgan fingerprint density at radius 2 is 1.71 bits per heavy atom. The van der Waals surface area contributed by atoms with Crippen molar-refractivity contribution in [1.29, 1.82) is 0 Å². The third-order valence-corrected chi connectivity index (χ3v) is 5.62. The molecule has 1 aliphatic heterocycles. The highest BCUT2D eigenvalue weighted by molar-refractivity contribution is 8.37. The lowest BCUT2D eigenvalue weighted by Crippen LogP contribution is -2.07. The van der Waals surface area contributed by atoms with E-state index in [9.17, 15) is 4.79 Å². The normalized spacial score (nSPS) is 13.2. The van der Waals surface area contributed by atoms with Crippen molar-refractivity contribution < 1.29 is 4.79 Å². The van der Waals surface area contributed by atoms with Gasteiger partial charge in [-0.2, -0.15) is 0 Å². The van der Waals surface area contributed by atoms with Crippen molar-refractivity contribution >= 4 is 40.6 Å². The lowest BCUT2D eigenvalue weighted by atomic mass is 9.99. The predicted molar refractivity (Wildman–Crippen MR) is 88.2 cm³/mol. The maximum atomic E-state index is 12.8. The van der Waals surface area contributed by atoms with Crippen molar-refractivity contribution in [1.82, 2.24) is 4.98 Å². The zero-order valence-electron chi connectivity index (χ0n) is 10.9. The summed E-state index contributed by atoms with van der Waals surface area (Å²) >= 11 is 3.38. The molecule has 1 aromatic heterocycles. The van der Waals surface area contributed by atoms with Crippen molar-refractivity contribution in [3.63, 3.8) is 0 Å². The van der Waals surface area contributed by atoms with E-state index in [4.69, 9.17) is 6.57 Å². The molecule has 0 saturated carbocycles. The molecule has 0 unspecified atom stereocenters. The number of allylic oxidation sites excluding steroid dienone is 1. The lowest BCUT2D eigenvalue weighted by molar-refractivity contribution is 0.105. The molecule has 0 N–H and O–H groups in total. The van der Waals surface area contributed by atoms with Gasteiger partial charge < -0.3 is 0 Å². The van der Waals surface area contributed by atoms with Crippen LogP contribution in [0, 0.1) is 6.57 Å². The van der Waals surface area contributed by atoms with E-state index in [1.807, 2.05) is 12.1 Å². The van der Waals surface area contributed by atoms with Crippen LogP contribution in [0.25, 0.3) is 10.4 Å². The van der Waals surface area contributed by atoms with Crippen LogP contribution in [-0.2, 0) is 0 Å². The molecule has 21 heavy (non-hydrogen) atoms. The topological polar surface area (TPSA) is 34.3 Å². The van der Waals surface area contributed by atoms with E-state index in [2.05, 4.69) is 9.83 Å². The van der Waals surface area contributed by atoms with Gasteiger partial charge in [-0.05, 0) is 17.7 Å². The number of carbonyl (C=O) groups is 1. The number of hydrogen-bond donors (Lipinski definition) is 0. The van der Waals surface area contributed by atoms with Gasteiger partial charge in [-0.1, -0.05) is 24.3 Å². The Bertz CT molecular complexity index is 740. The highest BCUT2D eigenvalue weighted by Gasteiger charge is 2.24. The first-order chi connectivity index (χ1) is 10.3. The third kappa shape index (κ3) is 2.87. The first-order valence-corrected chi connectivity index (χ1v) is 8.19. The van der Waals surface area contributed by atoms with Gasteiger partial charge in [0.05, 0.1) is 10.8 Å². The van der Waals surface area contributed by atoms with Gasteiger partial charge >= 0.3 is 0 Å². The first kappa shape index (κ1) is 13.9. The Morgan fingerprint density at radius 1 is 1.05 bits per heavy atom. The maximum Gasteiger partial charge on any atom is 0.195 e. The summed E-state index contributed by atoms with van der Waals surface area (Å²) in [7, 11) is 0. The van der Waals surface area contributed by atoms with Gasteiger partial charge in [-0.15, -0.1) is 23.5 Å². The van der Waals surface area contributed by atoms with Crippen LogP contribution < -0.4 is 0 Å². The average Bonchev–Trinajstić information content (AvgIpc) is 2.51. The minimum absolute atomic E-state index is 0.00701. The summed E-state index contributed by atoms with van der Waals surface area (Å²) in [6.07, 6.45) is 3.39. The smallest absolute Gasteiger partial charge is 0.195 e. The number of benzene rings is 1. The minimum atomic E-state index is -0.00701. The van der Waals surface area contributed by atoms with E-state index in [0.717, 1.165) is 20.5 Å². The summed E-state index contributed by atoms with van der Waals surface area (Å²) in [5.74, 6) is -0.00701. The van der Waals surface area contributed by atoms with Crippen LogP contribution in [0.4, 0.5) is 5.69 Å². The molecule has 2 aromatic rings. The van der Waals surface area contributed by atoms with Crippen LogP contribution in [0.5, 0.6) is 0 Å². The number of pyridine rings is 1. The molecule has 0 spiro atoms. The minimum Gasteiger partial charge on any atom is -0.289 e.